The molecule has 6 heteroatoms. The second kappa shape index (κ2) is 9.06. The minimum absolute atomic E-state index is 0. The fraction of sp³-hybridized carbons (Fsp3) is 0.562. The topological polar surface area (TPSA) is 41.1 Å². The fourth-order valence-corrected chi connectivity index (χ4v) is 2.82. The molecule has 0 spiro atoms. The maximum atomic E-state index is 13.6. The number of rotatable bonds is 5. The van der Waals surface area contributed by atoms with Crippen LogP contribution in [-0.4, -0.2) is 19.0 Å². The van der Waals surface area contributed by atoms with Gasteiger partial charge in [0.25, 0.3) is 0 Å². The largest absolute Gasteiger partial charge is 0.349 e. The summed E-state index contributed by atoms with van der Waals surface area (Å²) in [5.41, 5.74) is -0.0762. The third-order valence-corrected chi connectivity index (χ3v) is 4.05. The summed E-state index contributed by atoms with van der Waals surface area (Å²) in [6.07, 6.45) is 3.42. The van der Waals surface area contributed by atoms with Crippen molar-refractivity contribution < 1.29 is 13.6 Å². The number of hydrogen-bond acceptors (Lipinski definition) is 2. The van der Waals surface area contributed by atoms with Gasteiger partial charge in [-0.2, -0.15) is 0 Å². The maximum absolute atomic E-state index is 13.6. The van der Waals surface area contributed by atoms with Crippen LogP contribution in [0.25, 0.3) is 0 Å². The Morgan fingerprint density at radius 3 is 2.50 bits per heavy atom. The predicted octanol–water partition coefficient (Wildman–Crippen LogP) is 3.34. The van der Waals surface area contributed by atoms with Gasteiger partial charge < -0.3 is 10.6 Å². The molecule has 1 unspecified atom stereocenters. The zero-order valence-electron chi connectivity index (χ0n) is 12.7. The van der Waals surface area contributed by atoms with Gasteiger partial charge in [0.1, 0.15) is 11.6 Å². The molecule has 0 aliphatic carbocycles. The molecule has 1 aromatic rings. The number of hydrogen-bond donors (Lipinski definition) is 2. The van der Waals surface area contributed by atoms with E-state index in [0.717, 1.165) is 32.4 Å². The van der Waals surface area contributed by atoms with Crippen molar-refractivity contribution in [3.63, 3.8) is 0 Å². The van der Waals surface area contributed by atoms with E-state index in [1.54, 1.807) is 6.92 Å². The first-order chi connectivity index (χ1) is 10.1. The van der Waals surface area contributed by atoms with Gasteiger partial charge in [-0.15, -0.1) is 12.4 Å². The van der Waals surface area contributed by atoms with Crippen LogP contribution < -0.4 is 10.6 Å². The van der Waals surface area contributed by atoms with Crippen LogP contribution in [0.2, 0.25) is 0 Å². The molecule has 0 aromatic heterocycles. The van der Waals surface area contributed by atoms with Gasteiger partial charge >= 0.3 is 0 Å². The van der Waals surface area contributed by atoms with Crippen molar-refractivity contribution in [3.05, 3.63) is 35.4 Å². The third-order valence-electron chi connectivity index (χ3n) is 4.05. The van der Waals surface area contributed by atoms with E-state index in [0.29, 0.717) is 12.3 Å². The van der Waals surface area contributed by atoms with Gasteiger partial charge in [-0.05, 0) is 57.3 Å². The van der Waals surface area contributed by atoms with Gasteiger partial charge in [0.05, 0.1) is 6.04 Å². The summed E-state index contributed by atoms with van der Waals surface area (Å²) >= 11 is 0. The fourth-order valence-electron chi connectivity index (χ4n) is 2.82. The van der Waals surface area contributed by atoms with Crippen molar-refractivity contribution in [2.24, 2.45) is 5.92 Å². The van der Waals surface area contributed by atoms with Gasteiger partial charge in [-0.25, -0.2) is 8.78 Å². The van der Waals surface area contributed by atoms with Crippen LogP contribution in [0.4, 0.5) is 8.78 Å². The molecule has 1 aliphatic heterocycles. The Morgan fingerprint density at radius 2 is 1.91 bits per heavy atom. The summed E-state index contributed by atoms with van der Waals surface area (Å²) in [5.74, 6) is -0.830. The van der Waals surface area contributed by atoms with Crippen molar-refractivity contribution in [2.75, 3.05) is 13.1 Å². The van der Waals surface area contributed by atoms with E-state index >= 15 is 0 Å². The van der Waals surface area contributed by atoms with Crippen molar-refractivity contribution in [3.8, 4) is 0 Å². The molecule has 3 nitrogen and oxygen atoms in total. The highest BCUT2D eigenvalue weighted by atomic mass is 35.5. The Hall–Kier alpha value is -1.20. The lowest BCUT2D eigenvalue weighted by molar-refractivity contribution is -0.122. The van der Waals surface area contributed by atoms with Crippen LogP contribution in [-0.2, 0) is 4.79 Å². The maximum Gasteiger partial charge on any atom is 0.220 e. The zero-order valence-corrected chi connectivity index (χ0v) is 13.5. The van der Waals surface area contributed by atoms with Crippen molar-refractivity contribution >= 4 is 18.3 Å². The highest BCUT2D eigenvalue weighted by Gasteiger charge is 2.19. The van der Waals surface area contributed by atoms with E-state index < -0.39 is 17.7 Å². The summed E-state index contributed by atoms with van der Waals surface area (Å²) in [7, 11) is 0. The molecule has 1 atom stereocenters. The zero-order chi connectivity index (χ0) is 15.2. The van der Waals surface area contributed by atoms with Gasteiger partial charge in [-0.1, -0.05) is 6.07 Å². The van der Waals surface area contributed by atoms with E-state index in [4.69, 9.17) is 0 Å². The monoisotopic (exact) mass is 332 g/mol. The first-order valence-electron chi connectivity index (χ1n) is 7.52. The van der Waals surface area contributed by atoms with E-state index in [9.17, 15) is 13.6 Å². The van der Waals surface area contributed by atoms with E-state index in [1.165, 1.54) is 18.2 Å². The molecule has 1 amide bonds. The number of carbonyl (C=O) groups excluding carboxylic acids is 1. The van der Waals surface area contributed by atoms with Crippen LogP contribution >= 0.6 is 12.4 Å². The number of benzene rings is 1. The van der Waals surface area contributed by atoms with E-state index in [2.05, 4.69) is 10.6 Å². The molecule has 1 saturated heterocycles. The normalized spacial score (nSPS) is 16.7. The molecule has 0 radical (unpaired) electrons. The molecule has 1 aromatic carbocycles. The van der Waals surface area contributed by atoms with Crippen molar-refractivity contribution in [1.29, 1.82) is 0 Å². The lowest BCUT2D eigenvalue weighted by atomic mass is 9.93. The van der Waals surface area contributed by atoms with Crippen LogP contribution in [0.5, 0.6) is 0 Å². The summed E-state index contributed by atoms with van der Waals surface area (Å²) in [6.45, 7) is 3.61. The summed E-state index contributed by atoms with van der Waals surface area (Å²) < 4.78 is 27.3. The Kier molecular flexibility index (Phi) is 7.76. The van der Waals surface area contributed by atoms with Crippen LogP contribution in [0.15, 0.2) is 18.2 Å². The number of halogens is 3. The van der Waals surface area contributed by atoms with Gasteiger partial charge in [0.2, 0.25) is 5.91 Å². The minimum Gasteiger partial charge on any atom is -0.349 e. The third kappa shape index (κ3) is 5.21. The molecule has 0 saturated carbocycles. The van der Waals surface area contributed by atoms with E-state index in [1.807, 2.05) is 0 Å². The predicted molar refractivity (Wildman–Crippen MR) is 85.0 cm³/mol. The molecule has 2 rings (SSSR count). The Balaban J connectivity index is 0.00000242. The first kappa shape index (κ1) is 18.8. The van der Waals surface area contributed by atoms with Crippen LogP contribution in [0, 0.1) is 17.6 Å². The number of carbonyl (C=O) groups is 1. The molecular weight excluding hydrogens is 310 g/mol. The molecule has 0 bridgehead atoms. The Labute approximate surface area is 136 Å². The highest BCUT2D eigenvalue weighted by Crippen LogP contribution is 2.21. The van der Waals surface area contributed by atoms with Gasteiger partial charge in [0, 0.05) is 12.0 Å². The Bertz CT molecular complexity index is 473. The first-order valence-corrected chi connectivity index (χ1v) is 7.52. The Morgan fingerprint density at radius 1 is 1.32 bits per heavy atom. The quantitative estimate of drug-likeness (QED) is 0.868. The SMILES string of the molecule is CC(NC(=O)CCC1CCNCC1)c1c(F)cccc1F.Cl. The summed E-state index contributed by atoms with van der Waals surface area (Å²) in [6, 6.07) is 3.07. The molecule has 1 heterocycles. The molecule has 1 fully saturated rings. The lowest BCUT2D eigenvalue weighted by Gasteiger charge is -2.22. The molecule has 124 valence electrons. The molecular formula is C16H23ClF2N2O. The van der Waals surface area contributed by atoms with Crippen LogP contribution in [0.1, 0.15) is 44.2 Å². The van der Waals surface area contributed by atoms with Gasteiger partial charge in [0.15, 0.2) is 0 Å². The number of piperidine rings is 1. The minimum atomic E-state index is -0.660. The second-order valence-electron chi connectivity index (χ2n) is 5.66. The highest BCUT2D eigenvalue weighted by molar-refractivity contribution is 5.85. The summed E-state index contributed by atoms with van der Waals surface area (Å²) in [4.78, 5) is 11.9. The standard InChI is InChI=1S/C16H22F2N2O.ClH/c1-11(16-13(17)3-2-4-14(16)18)20-15(21)6-5-12-7-9-19-10-8-12;/h2-4,11-12,19H,5-10H2,1H3,(H,20,21);1H. The van der Waals surface area contributed by atoms with E-state index in [-0.39, 0.29) is 23.9 Å². The van der Waals surface area contributed by atoms with Crippen LogP contribution in [0.3, 0.4) is 0 Å². The average molecular weight is 333 g/mol. The molecule has 2 N–H and O–H groups in total. The van der Waals surface area contributed by atoms with Gasteiger partial charge in [-0.3, -0.25) is 4.79 Å². The lowest BCUT2D eigenvalue weighted by Crippen LogP contribution is -2.30. The van der Waals surface area contributed by atoms with Crippen molar-refractivity contribution in [2.45, 2.75) is 38.6 Å². The average Bonchev–Trinajstić information content (AvgIpc) is 2.46. The molecule has 1 aliphatic rings. The second-order valence-corrected chi connectivity index (χ2v) is 5.66. The smallest absolute Gasteiger partial charge is 0.220 e. The molecule has 22 heavy (non-hydrogen) atoms. The summed E-state index contributed by atoms with van der Waals surface area (Å²) in [5, 5.41) is 5.97. The van der Waals surface area contributed by atoms with Crippen molar-refractivity contribution in [1.82, 2.24) is 10.6 Å². The number of amides is 1. The number of nitrogens with one attached hydrogen (secondary N) is 2.